The minimum Gasteiger partial charge on any atom is -0.496 e. The van der Waals surface area contributed by atoms with Gasteiger partial charge in [-0.2, -0.15) is 0 Å². The van der Waals surface area contributed by atoms with Crippen molar-refractivity contribution < 1.29 is 28.7 Å². The third-order valence-electron chi connectivity index (χ3n) is 2.00. The minimum absolute atomic E-state index is 0.0105. The summed E-state index contributed by atoms with van der Waals surface area (Å²) >= 11 is 0. The molecule has 0 saturated heterocycles. The second-order valence-corrected chi connectivity index (χ2v) is 2.94. The number of rotatable bonds is 3. The van der Waals surface area contributed by atoms with Crippen molar-refractivity contribution in [2.45, 2.75) is 0 Å². The Morgan fingerprint density at radius 1 is 1.38 bits per heavy atom. The molecule has 1 aromatic rings. The molecule has 0 atom stereocenters. The highest BCUT2D eigenvalue weighted by Crippen LogP contribution is 2.19. The van der Waals surface area contributed by atoms with Crippen LogP contribution < -0.4 is 10.2 Å². The maximum absolute atomic E-state index is 13.3. The van der Waals surface area contributed by atoms with E-state index in [0.717, 1.165) is 19.2 Å². The molecule has 0 bridgehead atoms. The Labute approximate surface area is 91.6 Å². The van der Waals surface area contributed by atoms with Gasteiger partial charge in [-0.1, -0.05) is 0 Å². The zero-order valence-corrected chi connectivity index (χ0v) is 8.73. The number of carbonyl (C=O) groups is 1. The molecule has 0 amide bonds. The molecule has 16 heavy (non-hydrogen) atoms. The van der Waals surface area contributed by atoms with E-state index in [0.29, 0.717) is 0 Å². The summed E-state index contributed by atoms with van der Waals surface area (Å²) in [5, 5.41) is 17.7. The molecule has 0 heterocycles. The fourth-order valence-corrected chi connectivity index (χ4v) is 1.21. The van der Waals surface area contributed by atoms with Crippen molar-refractivity contribution in [3.05, 3.63) is 23.5 Å². The second-order valence-electron chi connectivity index (χ2n) is 2.94. The van der Waals surface area contributed by atoms with Gasteiger partial charge in [0.2, 0.25) is 0 Å². The van der Waals surface area contributed by atoms with Crippen molar-refractivity contribution in [2.24, 2.45) is 0 Å². The van der Waals surface area contributed by atoms with Gasteiger partial charge in [0.05, 0.1) is 14.2 Å². The van der Waals surface area contributed by atoms with Gasteiger partial charge in [0.25, 0.3) is 0 Å². The van der Waals surface area contributed by atoms with Crippen LogP contribution in [0.3, 0.4) is 0 Å². The highest BCUT2D eigenvalue weighted by Gasteiger charge is 2.22. The molecule has 0 spiro atoms. The highest BCUT2D eigenvalue weighted by atomic mass is 19.1. The number of carbonyl (C=O) groups excluding carboxylic acids is 1. The van der Waals surface area contributed by atoms with Crippen molar-refractivity contribution in [1.82, 2.24) is 0 Å². The third-order valence-corrected chi connectivity index (χ3v) is 2.00. The number of methoxy groups -OCH3 is 2. The number of ether oxygens (including phenoxy) is 2. The van der Waals surface area contributed by atoms with Gasteiger partial charge in [-0.15, -0.1) is 0 Å². The van der Waals surface area contributed by atoms with E-state index in [1.54, 1.807) is 0 Å². The van der Waals surface area contributed by atoms with Crippen LogP contribution in [0.25, 0.3) is 0 Å². The maximum Gasteiger partial charge on any atom is 0.491 e. The molecule has 0 radical (unpaired) electrons. The molecular weight excluding hydrogens is 218 g/mol. The van der Waals surface area contributed by atoms with Crippen LogP contribution in [-0.4, -0.2) is 37.4 Å². The van der Waals surface area contributed by atoms with Crippen LogP contribution >= 0.6 is 0 Å². The van der Waals surface area contributed by atoms with Crippen LogP contribution in [0.2, 0.25) is 0 Å². The van der Waals surface area contributed by atoms with Gasteiger partial charge in [-0.25, -0.2) is 9.18 Å². The minimum atomic E-state index is -1.97. The predicted molar refractivity (Wildman–Crippen MR) is 54.1 cm³/mol. The van der Waals surface area contributed by atoms with E-state index in [9.17, 15) is 9.18 Å². The molecular formula is C9H10BFO5. The Morgan fingerprint density at radius 3 is 2.44 bits per heavy atom. The average Bonchev–Trinajstić information content (AvgIpc) is 2.27. The van der Waals surface area contributed by atoms with E-state index in [1.807, 2.05) is 0 Å². The standard InChI is InChI=1S/C9H10BFO5/c1-15-8-4-6(10(13)14)7(11)3-5(8)9(12)16-2/h3-4,13-14H,1-2H3. The lowest BCUT2D eigenvalue weighted by Gasteiger charge is -2.09. The van der Waals surface area contributed by atoms with E-state index in [-0.39, 0.29) is 16.8 Å². The Hall–Kier alpha value is -1.60. The second kappa shape index (κ2) is 4.95. The van der Waals surface area contributed by atoms with Gasteiger partial charge >= 0.3 is 13.1 Å². The molecule has 0 unspecified atom stereocenters. The van der Waals surface area contributed by atoms with Crippen molar-refractivity contribution in [3.63, 3.8) is 0 Å². The summed E-state index contributed by atoms with van der Waals surface area (Å²) in [6.45, 7) is 0. The smallest absolute Gasteiger partial charge is 0.491 e. The van der Waals surface area contributed by atoms with Crippen LogP contribution in [0.1, 0.15) is 10.4 Å². The fraction of sp³-hybridized carbons (Fsp3) is 0.222. The van der Waals surface area contributed by atoms with Crippen LogP contribution in [0.4, 0.5) is 4.39 Å². The molecule has 0 aliphatic rings. The number of hydrogen-bond acceptors (Lipinski definition) is 5. The average molecular weight is 228 g/mol. The molecule has 0 aliphatic heterocycles. The zero-order valence-electron chi connectivity index (χ0n) is 8.73. The molecule has 0 aromatic heterocycles. The summed E-state index contributed by atoms with van der Waals surface area (Å²) in [5.41, 5.74) is -0.489. The first-order chi connectivity index (χ1) is 7.51. The zero-order chi connectivity index (χ0) is 12.3. The number of esters is 1. The lowest BCUT2D eigenvalue weighted by Crippen LogP contribution is -2.33. The maximum atomic E-state index is 13.3. The highest BCUT2D eigenvalue weighted by molar-refractivity contribution is 6.58. The Balaban J connectivity index is 3.32. The summed E-state index contributed by atoms with van der Waals surface area (Å²) in [7, 11) is 0.447. The van der Waals surface area contributed by atoms with Crippen molar-refractivity contribution in [1.29, 1.82) is 0 Å². The van der Waals surface area contributed by atoms with E-state index in [2.05, 4.69) is 4.74 Å². The number of halogens is 1. The fourth-order valence-electron chi connectivity index (χ4n) is 1.21. The van der Waals surface area contributed by atoms with Gasteiger partial charge in [0.1, 0.15) is 17.1 Å². The Morgan fingerprint density at radius 2 is 2.00 bits per heavy atom. The molecule has 0 fully saturated rings. The molecule has 0 saturated carbocycles. The van der Waals surface area contributed by atoms with E-state index >= 15 is 0 Å². The molecule has 86 valence electrons. The molecule has 2 N–H and O–H groups in total. The van der Waals surface area contributed by atoms with Crippen LogP contribution in [0.15, 0.2) is 12.1 Å². The first-order valence-electron chi connectivity index (χ1n) is 4.33. The summed E-state index contributed by atoms with van der Waals surface area (Å²) in [6.07, 6.45) is 0. The molecule has 1 rings (SSSR count). The quantitative estimate of drug-likeness (QED) is 0.528. The number of hydrogen-bond donors (Lipinski definition) is 2. The van der Waals surface area contributed by atoms with E-state index in [1.165, 1.54) is 7.11 Å². The SMILES string of the molecule is COC(=O)c1cc(F)c(B(O)O)cc1OC. The summed E-state index contributed by atoms with van der Waals surface area (Å²) in [5.74, 6) is -1.68. The van der Waals surface area contributed by atoms with Gasteiger partial charge < -0.3 is 19.5 Å². The van der Waals surface area contributed by atoms with Crippen LogP contribution in [-0.2, 0) is 4.74 Å². The van der Waals surface area contributed by atoms with Crippen molar-refractivity contribution in [2.75, 3.05) is 14.2 Å². The predicted octanol–water partition coefficient (Wildman–Crippen LogP) is -0.699. The third kappa shape index (κ3) is 2.31. The molecule has 1 aromatic carbocycles. The molecule has 5 nitrogen and oxygen atoms in total. The normalized spacial score (nSPS) is 9.81. The molecule has 0 aliphatic carbocycles. The molecule has 7 heteroatoms. The first kappa shape index (κ1) is 12.5. The van der Waals surface area contributed by atoms with Gasteiger partial charge in [-0.3, -0.25) is 0 Å². The van der Waals surface area contributed by atoms with Crippen molar-refractivity contribution >= 4 is 18.6 Å². The summed E-state index contributed by atoms with van der Waals surface area (Å²) < 4.78 is 22.6. The first-order valence-corrected chi connectivity index (χ1v) is 4.33. The summed E-state index contributed by atoms with van der Waals surface area (Å²) in [6, 6.07) is 1.87. The van der Waals surface area contributed by atoms with Gasteiger partial charge in [0.15, 0.2) is 0 Å². The van der Waals surface area contributed by atoms with Gasteiger partial charge in [0, 0.05) is 5.46 Å². The topological polar surface area (TPSA) is 76.0 Å². The van der Waals surface area contributed by atoms with Crippen molar-refractivity contribution in [3.8, 4) is 5.75 Å². The van der Waals surface area contributed by atoms with Crippen LogP contribution in [0, 0.1) is 5.82 Å². The largest absolute Gasteiger partial charge is 0.496 e. The van der Waals surface area contributed by atoms with E-state index < -0.39 is 18.9 Å². The Bertz CT molecular complexity index is 407. The Kier molecular flexibility index (Phi) is 3.86. The summed E-state index contributed by atoms with van der Waals surface area (Å²) in [4.78, 5) is 11.2. The van der Waals surface area contributed by atoms with E-state index in [4.69, 9.17) is 14.8 Å². The number of benzene rings is 1. The lowest BCUT2D eigenvalue weighted by atomic mass is 9.79. The monoisotopic (exact) mass is 228 g/mol. The van der Waals surface area contributed by atoms with Crippen LogP contribution in [0.5, 0.6) is 5.75 Å². The van der Waals surface area contributed by atoms with Gasteiger partial charge in [-0.05, 0) is 12.1 Å². The lowest BCUT2D eigenvalue weighted by molar-refractivity contribution is 0.0596.